The van der Waals surface area contributed by atoms with Crippen LogP contribution in [0.3, 0.4) is 0 Å². The average molecular weight is 642 g/mol. The van der Waals surface area contributed by atoms with Crippen LogP contribution in [0.15, 0.2) is 71.5 Å². The van der Waals surface area contributed by atoms with E-state index < -0.39 is 5.82 Å². The van der Waals surface area contributed by atoms with E-state index >= 15 is 0 Å². The van der Waals surface area contributed by atoms with Crippen LogP contribution < -0.4 is 16.0 Å². The van der Waals surface area contributed by atoms with E-state index in [1.807, 2.05) is 0 Å². The van der Waals surface area contributed by atoms with Crippen molar-refractivity contribution in [1.82, 2.24) is 20.3 Å². The number of nitrogens with one attached hydrogen (secondary N) is 3. The predicted octanol–water partition coefficient (Wildman–Crippen LogP) is 8.10. The molecular weight excluding hydrogens is 607 g/mol. The molecule has 0 aliphatic heterocycles. The van der Waals surface area contributed by atoms with Crippen molar-refractivity contribution in [3.8, 4) is 0 Å². The molecule has 1 aliphatic carbocycles. The number of pyridine rings is 1. The number of aryl methyl sites for hydroxylation is 1. The van der Waals surface area contributed by atoms with Gasteiger partial charge in [-0.1, -0.05) is 37.1 Å². The lowest BCUT2D eigenvalue weighted by Gasteiger charge is -2.21. The van der Waals surface area contributed by atoms with E-state index in [2.05, 4.69) is 66.1 Å². The summed E-state index contributed by atoms with van der Waals surface area (Å²) >= 11 is 3.21. The summed E-state index contributed by atoms with van der Waals surface area (Å²) < 4.78 is 14.8. The third-order valence-corrected chi connectivity index (χ3v) is 8.58. The molecule has 1 amide bonds. The minimum atomic E-state index is -0.401. The monoisotopic (exact) mass is 640 g/mol. The normalized spacial score (nSPS) is 12.7. The smallest absolute Gasteiger partial charge is 0.251 e. The van der Waals surface area contributed by atoms with E-state index in [-0.39, 0.29) is 5.91 Å². The quantitative estimate of drug-likeness (QED) is 0.126. The topological polar surface area (TPSA) is 91.8 Å². The first-order chi connectivity index (χ1) is 21.1. The largest absolute Gasteiger partial charge is 0.384 e. The maximum atomic E-state index is 14.5. The summed E-state index contributed by atoms with van der Waals surface area (Å²) in [6.07, 6.45) is 10.2. The highest BCUT2D eigenvalue weighted by Crippen LogP contribution is 2.33. The van der Waals surface area contributed by atoms with Gasteiger partial charge in [0.1, 0.15) is 12.1 Å². The number of amides is 1. The molecule has 0 radical (unpaired) electrons. The summed E-state index contributed by atoms with van der Waals surface area (Å²) in [7, 11) is 0. The fourth-order valence-corrected chi connectivity index (χ4v) is 6.09. The third-order valence-electron chi connectivity index (χ3n) is 7.96. The van der Waals surface area contributed by atoms with Gasteiger partial charge in [-0.15, -0.1) is 0 Å². The minimum absolute atomic E-state index is 0.135. The van der Waals surface area contributed by atoms with Crippen LogP contribution in [0.5, 0.6) is 0 Å². The number of para-hydroxylation sites is 1. The molecule has 220 valence electrons. The minimum Gasteiger partial charge on any atom is -0.384 e. The molecule has 3 aromatic carbocycles. The number of unbranched alkanes of at least 4 members (excludes halogenated alkanes) is 3. The number of fused-ring (bicyclic) bond motifs is 3. The van der Waals surface area contributed by atoms with Gasteiger partial charge in [-0.2, -0.15) is 0 Å². The molecule has 0 atom stereocenters. The predicted molar refractivity (Wildman–Crippen MR) is 175 cm³/mol. The molecule has 0 unspecified atom stereocenters. The van der Waals surface area contributed by atoms with Gasteiger partial charge in [0.2, 0.25) is 0 Å². The average Bonchev–Trinajstić information content (AvgIpc) is 3.03. The number of nitrogens with zero attached hydrogens (tertiary/aromatic N) is 3. The van der Waals surface area contributed by atoms with Gasteiger partial charge in [0, 0.05) is 40.8 Å². The number of carbonyl (C=O) groups excluding carboxylic acids is 1. The van der Waals surface area contributed by atoms with Crippen molar-refractivity contribution < 1.29 is 9.18 Å². The van der Waals surface area contributed by atoms with E-state index in [1.165, 1.54) is 41.5 Å². The molecule has 0 bridgehead atoms. The zero-order chi connectivity index (χ0) is 29.6. The third kappa shape index (κ3) is 6.62. The first-order valence-corrected chi connectivity index (χ1v) is 15.8. The summed E-state index contributed by atoms with van der Waals surface area (Å²) in [4.78, 5) is 26.4. The lowest BCUT2D eigenvalue weighted by atomic mass is 9.92. The maximum Gasteiger partial charge on any atom is 0.251 e. The van der Waals surface area contributed by atoms with Crippen molar-refractivity contribution >= 4 is 60.8 Å². The molecule has 2 heterocycles. The fraction of sp³-hybridized carbons (Fsp3) is 0.294. The van der Waals surface area contributed by atoms with Gasteiger partial charge in [-0.05, 0) is 96.4 Å². The number of hydrogen-bond acceptors (Lipinski definition) is 6. The summed E-state index contributed by atoms with van der Waals surface area (Å²) in [6, 6.07) is 18.7. The molecule has 0 saturated carbocycles. The van der Waals surface area contributed by atoms with Gasteiger partial charge >= 0.3 is 0 Å². The summed E-state index contributed by atoms with van der Waals surface area (Å²) in [6.45, 7) is 1.54. The summed E-state index contributed by atoms with van der Waals surface area (Å²) in [5, 5.41) is 11.7. The van der Waals surface area contributed by atoms with Crippen molar-refractivity contribution in [3.05, 3.63) is 94.1 Å². The van der Waals surface area contributed by atoms with Crippen LogP contribution in [0.1, 0.15) is 60.1 Å². The Morgan fingerprint density at radius 1 is 0.860 bits per heavy atom. The molecule has 0 fully saturated rings. The second-order valence-electron chi connectivity index (χ2n) is 10.9. The first-order valence-electron chi connectivity index (χ1n) is 15.0. The summed E-state index contributed by atoms with van der Waals surface area (Å²) in [5.74, 6) is -0.0630. The van der Waals surface area contributed by atoms with Crippen LogP contribution in [0.2, 0.25) is 0 Å². The molecule has 5 aromatic rings. The van der Waals surface area contributed by atoms with Crippen molar-refractivity contribution in [1.29, 1.82) is 0 Å². The number of hydrogen-bond donors (Lipinski definition) is 3. The molecule has 43 heavy (non-hydrogen) atoms. The highest BCUT2D eigenvalue weighted by Gasteiger charge is 2.18. The number of benzene rings is 3. The molecule has 9 heteroatoms. The Bertz CT molecular complexity index is 1780. The highest BCUT2D eigenvalue weighted by atomic mass is 79.9. The Balaban J connectivity index is 0.970. The maximum absolute atomic E-state index is 14.5. The van der Waals surface area contributed by atoms with Gasteiger partial charge in [0.25, 0.3) is 5.91 Å². The Hall–Kier alpha value is -4.11. The van der Waals surface area contributed by atoms with Gasteiger partial charge < -0.3 is 16.0 Å². The van der Waals surface area contributed by atoms with Crippen molar-refractivity contribution in [2.75, 3.05) is 23.7 Å². The van der Waals surface area contributed by atoms with Crippen LogP contribution in [-0.4, -0.2) is 33.9 Å². The van der Waals surface area contributed by atoms with Gasteiger partial charge in [-0.25, -0.2) is 14.4 Å². The van der Waals surface area contributed by atoms with Crippen molar-refractivity contribution in [2.45, 2.75) is 51.4 Å². The lowest BCUT2D eigenvalue weighted by molar-refractivity contribution is 0.0953. The van der Waals surface area contributed by atoms with E-state index in [9.17, 15) is 9.18 Å². The van der Waals surface area contributed by atoms with Crippen molar-refractivity contribution in [2.24, 2.45) is 0 Å². The SMILES string of the molecule is O=C(NCCCCCCNc1c2c(nc3ccccc13)CCCC2)c1ccc2c(Nc3cccc(Br)c3F)ncnc2c1. The molecule has 0 spiro atoms. The van der Waals surface area contributed by atoms with Crippen molar-refractivity contribution in [3.63, 3.8) is 0 Å². The zero-order valence-corrected chi connectivity index (χ0v) is 25.5. The second kappa shape index (κ2) is 13.5. The van der Waals surface area contributed by atoms with Gasteiger partial charge in [0.15, 0.2) is 5.82 Å². The van der Waals surface area contributed by atoms with E-state index in [0.717, 1.165) is 50.6 Å². The van der Waals surface area contributed by atoms with Gasteiger partial charge in [-0.3, -0.25) is 9.78 Å². The second-order valence-corrected chi connectivity index (χ2v) is 11.8. The highest BCUT2D eigenvalue weighted by molar-refractivity contribution is 9.10. The number of rotatable bonds is 11. The Kier molecular flexibility index (Phi) is 9.07. The van der Waals surface area contributed by atoms with E-state index in [4.69, 9.17) is 4.98 Å². The number of anilines is 3. The number of aromatic nitrogens is 3. The molecule has 2 aromatic heterocycles. The van der Waals surface area contributed by atoms with Crippen LogP contribution in [0.4, 0.5) is 21.6 Å². The van der Waals surface area contributed by atoms with Crippen LogP contribution in [-0.2, 0) is 12.8 Å². The van der Waals surface area contributed by atoms with Crippen LogP contribution in [0, 0.1) is 5.82 Å². The zero-order valence-electron chi connectivity index (χ0n) is 23.9. The van der Waals surface area contributed by atoms with Crippen LogP contribution in [0.25, 0.3) is 21.8 Å². The Morgan fingerprint density at radius 3 is 2.60 bits per heavy atom. The van der Waals surface area contributed by atoms with E-state index in [1.54, 1.807) is 36.4 Å². The molecule has 3 N–H and O–H groups in total. The molecule has 0 saturated heterocycles. The summed E-state index contributed by atoms with van der Waals surface area (Å²) in [5.41, 5.74) is 6.45. The Labute approximate surface area is 258 Å². The number of halogens is 2. The lowest BCUT2D eigenvalue weighted by Crippen LogP contribution is -2.24. The fourth-order valence-electron chi connectivity index (χ4n) is 5.72. The first kappa shape index (κ1) is 29.0. The number of carbonyl (C=O) groups is 1. The molecule has 7 nitrogen and oxygen atoms in total. The van der Waals surface area contributed by atoms with Gasteiger partial charge in [0.05, 0.1) is 21.2 Å². The van der Waals surface area contributed by atoms with E-state index in [0.29, 0.717) is 39.0 Å². The molecule has 6 rings (SSSR count). The standard InChI is InChI=1S/C34H34BrFN6O/c35-26-12-9-15-29(31(26)36)42-33-25-17-16-22(20-30(25)39-21-40-33)34(43)38-19-8-2-1-7-18-37-32-23-10-3-5-13-27(23)41-28-14-6-4-11-24(28)32/h3,5,9-10,12-13,15-17,20-21H,1-2,4,6-8,11,14,18-19H2,(H,37,41)(H,38,43)(H,39,40,42). The molecular formula is C34H34BrFN6O. The Morgan fingerprint density at radius 2 is 1.70 bits per heavy atom. The molecule has 1 aliphatic rings. The van der Waals surface area contributed by atoms with Crippen LogP contribution >= 0.6 is 15.9 Å².